The smallest absolute Gasteiger partial charge is 0.186 e. The zero-order valence-corrected chi connectivity index (χ0v) is 14.7. The van der Waals surface area contributed by atoms with Gasteiger partial charge in [0.1, 0.15) is 54.9 Å². The number of rotatable bonds is 4. The summed E-state index contributed by atoms with van der Waals surface area (Å²) in [4.78, 5) is 0. The van der Waals surface area contributed by atoms with Crippen LogP contribution in [0, 0.1) is 0 Å². The van der Waals surface area contributed by atoms with Crippen LogP contribution < -0.4 is 0 Å². The second kappa shape index (κ2) is 9.09. The van der Waals surface area contributed by atoms with E-state index in [9.17, 15) is 40.9 Å². The van der Waals surface area contributed by atoms with E-state index in [0.717, 1.165) is 0 Å². The molecule has 3 aliphatic rings. The molecule has 164 valence electrons. The van der Waals surface area contributed by atoms with Gasteiger partial charge in [0.2, 0.25) is 0 Å². The Labute approximate surface area is 159 Å². The molecule has 1 unspecified atom stereocenters. The quantitative estimate of drug-likeness (QED) is 0.216. The molecular weight excluding hydrogens is 388 g/mol. The molecule has 28 heavy (non-hydrogen) atoms. The monoisotopic (exact) mass is 414 g/mol. The highest BCUT2D eigenvalue weighted by Crippen LogP contribution is 2.27. The average molecular weight is 414 g/mol. The van der Waals surface area contributed by atoms with Gasteiger partial charge in [0.15, 0.2) is 18.9 Å². The SMILES string of the molecule is OC1OC[C@@H](O)[C@H](O[C@@H]2OC[C@@H](O[C@H]3OC[C@@H](O)[C@H](O)[C@H]3O)[C@H](O)[C@H]2O)[C@H]1O. The van der Waals surface area contributed by atoms with Crippen LogP contribution in [0.5, 0.6) is 0 Å². The second-order valence-corrected chi connectivity index (χ2v) is 6.99. The minimum Gasteiger partial charge on any atom is -0.388 e. The van der Waals surface area contributed by atoms with Crippen LogP contribution in [-0.2, 0) is 23.7 Å². The van der Waals surface area contributed by atoms with Gasteiger partial charge in [0.25, 0.3) is 0 Å². The van der Waals surface area contributed by atoms with Crippen LogP contribution in [-0.4, -0.2) is 134 Å². The average Bonchev–Trinajstić information content (AvgIpc) is 2.67. The van der Waals surface area contributed by atoms with Gasteiger partial charge in [-0.05, 0) is 0 Å². The molecule has 12 atom stereocenters. The molecule has 0 aromatic heterocycles. The van der Waals surface area contributed by atoms with Gasteiger partial charge < -0.3 is 64.5 Å². The van der Waals surface area contributed by atoms with E-state index in [2.05, 4.69) is 0 Å². The Morgan fingerprint density at radius 1 is 0.536 bits per heavy atom. The highest BCUT2D eigenvalue weighted by Gasteiger charge is 2.47. The fourth-order valence-electron chi connectivity index (χ4n) is 3.19. The molecule has 0 aromatic rings. The molecule has 8 N–H and O–H groups in total. The van der Waals surface area contributed by atoms with Gasteiger partial charge in [-0.15, -0.1) is 0 Å². The van der Waals surface area contributed by atoms with E-state index in [1.807, 2.05) is 0 Å². The Bertz CT molecular complexity index is 508. The van der Waals surface area contributed by atoms with Crippen molar-refractivity contribution in [2.45, 2.75) is 73.8 Å². The number of aliphatic hydroxyl groups excluding tert-OH is 8. The van der Waals surface area contributed by atoms with Crippen molar-refractivity contribution in [3.05, 3.63) is 0 Å². The first kappa shape index (κ1) is 22.2. The molecular formula is C15H26O13. The summed E-state index contributed by atoms with van der Waals surface area (Å²) in [6.45, 7) is -0.945. The second-order valence-electron chi connectivity index (χ2n) is 6.99. The van der Waals surface area contributed by atoms with E-state index in [1.54, 1.807) is 0 Å². The van der Waals surface area contributed by atoms with Crippen molar-refractivity contribution in [2.24, 2.45) is 0 Å². The van der Waals surface area contributed by atoms with Crippen LogP contribution in [0.15, 0.2) is 0 Å². The van der Waals surface area contributed by atoms with Crippen molar-refractivity contribution in [1.82, 2.24) is 0 Å². The molecule has 3 fully saturated rings. The molecule has 0 spiro atoms. The molecule has 13 nitrogen and oxygen atoms in total. The van der Waals surface area contributed by atoms with Crippen molar-refractivity contribution < 1.29 is 64.5 Å². The van der Waals surface area contributed by atoms with Crippen molar-refractivity contribution >= 4 is 0 Å². The zero-order valence-electron chi connectivity index (χ0n) is 14.7. The molecule has 0 radical (unpaired) electrons. The molecule has 3 rings (SSSR count). The van der Waals surface area contributed by atoms with Gasteiger partial charge in [-0.3, -0.25) is 0 Å². The van der Waals surface area contributed by atoms with E-state index >= 15 is 0 Å². The molecule has 3 saturated heterocycles. The van der Waals surface area contributed by atoms with Gasteiger partial charge in [-0.2, -0.15) is 0 Å². The zero-order chi connectivity index (χ0) is 20.6. The summed E-state index contributed by atoms with van der Waals surface area (Å²) in [6.07, 6.45) is -17.5. The molecule has 0 bridgehead atoms. The molecule has 13 heteroatoms. The summed E-state index contributed by atoms with van der Waals surface area (Å²) in [5.41, 5.74) is 0. The van der Waals surface area contributed by atoms with Crippen LogP contribution in [0.4, 0.5) is 0 Å². The highest BCUT2D eigenvalue weighted by molar-refractivity contribution is 4.90. The van der Waals surface area contributed by atoms with Crippen LogP contribution in [0.25, 0.3) is 0 Å². The minimum absolute atomic E-state index is 0.303. The van der Waals surface area contributed by atoms with Gasteiger partial charge in [-0.25, -0.2) is 0 Å². The summed E-state index contributed by atoms with van der Waals surface area (Å²) < 4.78 is 25.8. The molecule has 3 heterocycles. The maximum Gasteiger partial charge on any atom is 0.186 e. The fourth-order valence-corrected chi connectivity index (χ4v) is 3.19. The highest BCUT2D eigenvalue weighted by atomic mass is 16.7. The third kappa shape index (κ3) is 4.46. The predicted molar refractivity (Wildman–Crippen MR) is 83.2 cm³/mol. The van der Waals surface area contributed by atoms with Gasteiger partial charge in [-0.1, -0.05) is 0 Å². The van der Waals surface area contributed by atoms with Gasteiger partial charge in [0.05, 0.1) is 19.8 Å². The molecule has 0 amide bonds. The largest absolute Gasteiger partial charge is 0.388 e. The predicted octanol–water partition coefficient (Wildman–Crippen LogP) is -5.66. The first-order valence-corrected chi connectivity index (χ1v) is 8.81. The van der Waals surface area contributed by atoms with Crippen molar-refractivity contribution in [2.75, 3.05) is 19.8 Å². The minimum atomic E-state index is -1.67. The topological polar surface area (TPSA) is 208 Å². The maximum atomic E-state index is 10.3. The lowest BCUT2D eigenvalue weighted by Crippen LogP contribution is -2.62. The molecule has 3 aliphatic heterocycles. The van der Waals surface area contributed by atoms with E-state index in [-0.39, 0.29) is 19.8 Å². The Morgan fingerprint density at radius 3 is 1.82 bits per heavy atom. The van der Waals surface area contributed by atoms with Crippen LogP contribution in [0.3, 0.4) is 0 Å². The van der Waals surface area contributed by atoms with Crippen molar-refractivity contribution in [3.63, 3.8) is 0 Å². The number of hydrogen-bond donors (Lipinski definition) is 8. The standard InChI is InChI=1S/C15H26O13/c16-4-1-25-14(9(20)7(4)18)27-6-3-26-15(10(21)8(6)19)28-12-5(17)2-24-13(23)11(12)22/h4-23H,1-3H2/t4-,5-,6-,7+,8+,9-,10-,11-,12+,13?,14-,15+/m1/s1. The van der Waals surface area contributed by atoms with Crippen molar-refractivity contribution in [3.8, 4) is 0 Å². The Kier molecular flexibility index (Phi) is 7.20. The Balaban J connectivity index is 1.57. The summed E-state index contributed by atoms with van der Waals surface area (Å²) in [5, 5.41) is 78.7. The molecule has 0 aromatic carbocycles. The van der Waals surface area contributed by atoms with E-state index in [4.69, 9.17) is 23.7 Å². The van der Waals surface area contributed by atoms with Crippen LogP contribution in [0.1, 0.15) is 0 Å². The lowest BCUT2D eigenvalue weighted by Gasteiger charge is -2.43. The lowest BCUT2D eigenvalue weighted by atomic mass is 10.0. The molecule has 0 aliphatic carbocycles. The molecule has 0 saturated carbocycles. The van der Waals surface area contributed by atoms with E-state index in [0.29, 0.717) is 0 Å². The maximum absolute atomic E-state index is 10.3. The number of hydrogen-bond acceptors (Lipinski definition) is 13. The Morgan fingerprint density at radius 2 is 1.11 bits per heavy atom. The first-order chi connectivity index (χ1) is 13.2. The number of aliphatic hydroxyl groups is 8. The third-order valence-electron chi connectivity index (χ3n) is 4.93. The normalized spacial score (nSPS) is 53.1. The first-order valence-electron chi connectivity index (χ1n) is 8.81. The lowest BCUT2D eigenvalue weighted by molar-refractivity contribution is -0.350. The third-order valence-corrected chi connectivity index (χ3v) is 4.93. The van der Waals surface area contributed by atoms with Crippen molar-refractivity contribution in [1.29, 1.82) is 0 Å². The summed E-state index contributed by atoms with van der Waals surface area (Å²) in [5.74, 6) is 0. The van der Waals surface area contributed by atoms with Crippen LogP contribution >= 0.6 is 0 Å². The van der Waals surface area contributed by atoms with Gasteiger partial charge in [0, 0.05) is 0 Å². The Hall–Kier alpha value is -0.520. The number of ether oxygens (including phenoxy) is 5. The van der Waals surface area contributed by atoms with Crippen LogP contribution in [0.2, 0.25) is 0 Å². The van der Waals surface area contributed by atoms with Gasteiger partial charge >= 0.3 is 0 Å². The fraction of sp³-hybridized carbons (Fsp3) is 1.00. The van der Waals surface area contributed by atoms with E-state index in [1.165, 1.54) is 0 Å². The summed E-state index contributed by atoms with van der Waals surface area (Å²) in [7, 11) is 0. The summed E-state index contributed by atoms with van der Waals surface area (Å²) in [6, 6.07) is 0. The van der Waals surface area contributed by atoms with E-state index < -0.39 is 73.8 Å². The summed E-state index contributed by atoms with van der Waals surface area (Å²) >= 11 is 0.